The zero-order valence-electron chi connectivity index (χ0n) is 10.7. The molecular weight excluding hydrogens is 262 g/mol. The minimum Gasteiger partial charge on any atom is -0.308 e. The monoisotopic (exact) mass is 279 g/mol. The van der Waals surface area contributed by atoms with Crippen LogP contribution in [0.1, 0.15) is 35.8 Å². The summed E-state index contributed by atoms with van der Waals surface area (Å²) in [7, 11) is 0. The highest BCUT2D eigenvalue weighted by molar-refractivity contribution is 7.10. The van der Waals surface area contributed by atoms with Gasteiger partial charge in [-0.3, -0.25) is 0 Å². The van der Waals surface area contributed by atoms with E-state index >= 15 is 0 Å². The third-order valence-electron chi connectivity index (χ3n) is 2.90. The summed E-state index contributed by atoms with van der Waals surface area (Å²) in [5, 5.41) is 6.23. The Labute approximate surface area is 118 Å². The molecule has 3 heteroatoms. The van der Waals surface area contributed by atoms with Crippen LogP contribution in [0.5, 0.6) is 0 Å². The number of nitrogens with one attached hydrogen (secondary N) is 1. The highest BCUT2D eigenvalue weighted by atomic mass is 35.5. The Kier molecular flexibility index (Phi) is 4.81. The Morgan fingerprint density at radius 2 is 1.89 bits per heavy atom. The standard InChI is InChI=1S/C15H18ClNS/c1-11(2)13-5-3-12(4-6-13)8-17-9-15-7-14(16)10-18-15/h3-7,10-11,17H,8-9H2,1-2H3. The molecule has 18 heavy (non-hydrogen) atoms. The number of rotatable bonds is 5. The molecule has 1 heterocycles. The average molecular weight is 280 g/mol. The van der Waals surface area contributed by atoms with Crippen LogP contribution in [0.25, 0.3) is 0 Å². The fraction of sp³-hybridized carbons (Fsp3) is 0.333. The molecule has 0 atom stereocenters. The molecule has 0 bridgehead atoms. The fourth-order valence-corrected chi connectivity index (χ4v) is 2.84. The zero-order valence-corrected chi connectivity index (χ0v) is 12.3. The van der Waals surface area contributed by atoms with Crippen LogP contribution in [0.3, 0.4) is 0 Å². The molecule has 0 aliphatic carbocycles. The molecule has 0 unspecified atom stereocenters. The lowest BCUT2D eigenvalue weighted by Gasteiger charge is -2.07. The van der Waals surface area contributed by atoms with Gasteiger partial charge < -0.3 is 5.32 Å². The van der Waals surface area contributed by atoms with Crippen molar-refractivity contribution in [1.29, 1.82) is 0 Å². The molecule has 0 aliphatic heterocycles. The number of hydrogen-bond acceptors (Lipinski definition) is 2. The van der Waals surface area contributed by atoms with Gasteiger partial charge >= 0.3 is 0 Å². The van der Waals surface area contributed by atoms with E-state index in [9.17, 15) is 0 Å². The van der Waals surface area contributed by atoms with Crippen LogP contribution < -0.4 is 5.32 Å². The molecule has 0 amide bonds. The first-order chi connectivity index (χ1) is 8.65. The molecule has 1 aromatic carbocycles. The molecule has 1 N–H and O–H groups in total. The molecule has 0 spiro atoms. The number of halogens is 1. The number of hydrogen-bond donors (Lipinski definition) is 1. The summed E-state index contributed by atoms with van der Waals surface area (Å²) in [6, 6.07) is 10.8. The molecule has 0 saturated carbocycles. The molecule has 0 fully saturated rings. The highest BCUT2D eigenvalue weighted by Gasteiger charge is 2.00. The van der Waals surface area contributed by atoms with E-state index in [2.05, 4.69) is 43.4 Å². The van der Waals surface area contributed by atoms with Gasteiger partial charge in [0, 0.05) is 23.3 Å². The number of thiophene rings is 1. The Morgan fingerprint density at radius 3 is 2.44 bits per heavy atom. The van der Waals surface area contributed by atoms with Crippen molar-refractivity contribution in [2.75, 3.05) is 0 Å². The average Bonchev–Trinajstić information content (AvgIpc) is 2.76. The predicted molar refractivity (Wildman–Crippen MR) is 80.4 cm³/mol. The van der Waals surface area contributed by atoms with Crippen LogP contribution in [0.15, 0.2) is 35.7 Å². The van der Waals surface area contributed by atoms with Crippen LogP contribution in [0, 0.1) is 0 Å². The van der Waals surface area contributed by atoms with Gasteiger partial charge in [-0.25, -0.2) is 0 Å². The minimum atomic E-state index is 0.597. The van der Waals surface area contributed by atoms with Crippen molar-refractivity contribution in [2.24, 2.45) is 0 Å². The van der Waals surface area contributed by atoms with Crippen molar-refractivity contribution >= 4 is 22.9 Å². The van der Waals surface area contributed by atoms with Gasteiger partial charge in [0.15, 0.2) is 0 Å². The van der Waals surface area contributed by atoms with Gasteiger partial charge in [-0.15, -0.1) is 11.3 Å². The molecule has 0 radical (unpaired) electrons. The van der Waals surface area contributed by atoms with Gasteiger partial charge in [-0.05, 0) is 23.1 Å². The van der Waals surface area contributed by atoms with E-state index in [4.69, 9.17) is 11.6 Å². The molecule has 1 aromatic heterocycles. The van der Waals surface area contributed by atoms with Gasteiger partial charge in [0.2, 0.25) is 0 Å². The summed E-state index contributed by atoms with van der Waals surface area (Å²) in [5.41, 5.74) is 2.71. The lowest BCUT2D eigenvalue weighted by atomic mass is 10.0. The van der Waals surface area contributed by atoms with Gasteiger partial charge in [-0.2, -0.15) is 0 Å². The smallest absolute Gasteiger partial charge is 0.0516 e. The van der Waals surface area contributed by atoms with Crippen molar-refractivity contribution in [3.63, 3.8) is 0 Å². The fourth-order valence-electron chi connectivity index (χ4n) is 1.80. The lowest BCUT2D eigenvalue weighted by molar-refractivity contribution is 0.700. The van der Waals surface area contributed by atoms with Crippen molar-refractivity contribution in [3.8, 4) is 0 Å². The zero-order chi connectivity index (χ0) is 13.0. The SMILES string of the molecule is CC(C)c1ccc(CNCc2cc(Cl)cs2)cc1. The molecule has 1 nitrogen and oxygen atoms in total. The first kappa shape index (κ1) is 13.6. The second-order valence-electron chi connectivity index (χ2n) is 4.73. The highest BCUT2D eigenvalue weighted by Crippen LogP contribution is 2.19. The summed E-state index contributed by atoms with van der Waals surface area (Å²) in [5.74, 6) is 0.597. The summed E-state index contributed by atoms with van der Waals surface area (Å²) < 4.78 is 0. The molecule has 0 saturated heterocycles. The van der Waals surface area contributed by atoms with E-state index in [0.717, 1.165) is 18.1 Å². The van der Waals surface area contributed by atoms with Crippen LogP contribution in [-0.2, 0) is 13.1 Å². The Balaban J connectivity index is 1.83. The van der Waals surface area contributed by atoms with E-state index < -0.39 is 0 Å². The molecule has 96 valence electrons. The van der Waals surface area contributed by atoms with Crippen molar-refractivity contribution in [2.45, 2.75) is 32.9 Å². The van der Waals surface area contributed by atoms with E-state index in [1.165, 1.54) is 16.0 Å². The lowest BCUT2D eigenvalue weighted by Crippen LogP contribution is -2.11. The summed E-state index contributed by atoms with van der Waals surface area (Å²) >= 11 is 7.58. The van der Waals surface area contributed by atoms with Crippen LogP contribution in [0.2, 0.25) is 5.02 Å². The van der Waals surface area contributed by atoms with Gasteiger partial charge in [0.1, 0.15) is 0 Å². The summed E-state index contributed by atoms with van der Waals surface area (Å²) in [6.45, 7) is 6.21. The first-order valence-electron chi connectivity index (χ1n) is 6.17. The van der Waals surface area contributed by atoms with Crippen molar-refractivity contribution in [3.05, 3.63) is 56.7 Å². The van der Waals surface area contributed by atoms with Gasteiger partial charge in [0.25, 0.3) is 0 Å². The van der Waals surface area contributed by atoms with E-state index in [1.807, 2.05) is 11.4 Å². The maximum Gasteiger partial charge on any atom is 0.0516 e. The predicted octanol–water partition coefficient (Wildman–Crippen LogP) is 4.81. The molecule has 2 aromatic rings. The van der Waals surface area contributed by atoms with Crippen molar-refractivity contribution in [1.82, 2.24) is 5.32 Å². The normalized spacial score (nSPS) is 11.1. The Hall–Kier alpha value is -0.830. The third kappa shape index (κ3) is 3.84. The maximum atomic E-state index is 5.89. The van der Waals surface area contributed by atoms with Crippen LogP contribution >= 0.6 is 22.9 Å². The van der Waals surface area contributed by atoms with Crippen molar-refractivity contribution < 1.29 is 0 Å². The Morgan fingerprint density at radius 1 is 1.17 bits per heavy atom. The van der Waals surface area contributed by atoms with Crippen LogP contribution in [-0.4, -0.2) is 0 Å². The third-order valence-corrected chi connectivity index (χ3v) is 4.18. The second-order valence-corrected chi connectivity index (χ2v) is 6.16. The molecular formula is C15H18ClNS. The molecule has 0 aliphatic rings. The van der Waals surface area contributed by atoms with Gasteiger partial charge in [-0.1, -0.05) is 49.7 Å². The largest absolute Gasteiger partial charge is 0.308 e. The van der Waals surface area contributed by atoms with E-state index in [0.29, 0.717) is 5.92 Å². The summed E-state index contributed by atoms with van der Waals surface area (Å²) in [6.07, 6.45) is 0. The second kappa shape index (κ2) is 6.37. The Bertz CT molecular complexity index is 487. The van der Waals surface area contributed by atoms with E-state index in [1.54, 1.807) is 11.3 Å². The van der Waals surface area contributed by atoms with Gasteiger partial charge in [0.05, 0.1) is 5.02 Å². The summed E-state index contributed by atoms with van der Waals surface area (Å²) in [4.78, 5) is 1.28. The topological polar surface area (TPSA) is 12.0 Å². The van der Waals surface area contributed by atoms with Crippen LogP contribution in [0.4, 0.5) is 0 Å². The number of benzene rings is 1. The quantitative estimate of drug-likeness (QED) is 0.828. The van der Waals surface area contributed by atoms with E-state index in [-0.39, 0.29) is 0 Å². The molecule has 2 rings (SSSR count). The minimum absolute atomic E-state index is 0.597. The first-order valence-corrected chi connectivity index (χ1v) is 7.43. The maximum absolute atomic E-state index is 5.89.